The van der Waals surface area contributed by atoms with Gasteiger partial charge in [-0.05, 0) is 34.1 Å². The smallest absolute Gasteiger partial charge is 0.301 e. The van der Waals surface area contributed by atoms with Gasteiger partial charge in [0.05, 0.1) is 10.3 Å². The van der Waals surface area contributed by atoms with Gasteiger partial charge in [-0.1, -0.05) is 36.4 Å². The second-order valence-corrected chi connectivity index (χ2v) is 5.47. The molecule has 0 spiro atoms. The zero-order chi connectivity index (χ0) is 16.4. The molecule has 23 heavy (non-hydrogen) atoms. The van der Waals surface area contributed by atoms with Crippen molar-refractivity contribution in [1.29, 1.82) is 0 Å². The van der Waals surface area contributed by atoms with Crippen molar-refractivity contribution < 1.29 is 9.72 Å². The molecule has 0 fully saturated rings. The van der Waals surface area contributed by atoms with Gasteiger partial charge in [0.25, 0.3) is 5.91 Å². The molecule has 1 amide bonds. The summed E-state index contributed by atoms with van der Waals surface area (Å²) in [6.45, 7) is 0. The highest BCUT2D eigenvalue weighted by molar-refractivity contribution is 9.10. The number of hydrogen-bond donors (Lipinski definition) is 1. The number of rotatable bonds is 3. The molecule has 1 heterocycles. The van der Waals surface area contributed by atoms with Crippen LogP contribution < -0.4 is 5.32 Å². The fourth-order valence-corrected chi connectivity index (χ4v) is 2.77. The molecular weight excluding hydrogens is 362 g/mol. The lowest BCUT2D eigenvalue weighted by Gasteiger charge is -2.09. The number of benzene rings is 2. The maximum Gasteiger partial charge on any atom is 0.319 e. The Labute approximate surface area is 139 Å². The van der Waals surface area contributed by atoms with E-state index >= 15 is 0 Å². The summed E-state index contributed by atoms with van der Waals surface area (Å²) >= 11 is 3.29. The van der Waals surface area contributed by atoms with Crippen molar-refractivity contribution in [1.82, 2.24) is 4.98 Å². The van der Waals surface area contributed by atoms with Crippen molar-refractivity contribution in [3.05, 3.63) is 74.9 Å². The Kier molecular flexibility index (Phi) is 4.03. The first-order valence-electron chi connectivity index (χ1n) is 6.67. The monoisotopic (exact) mass is 371 g/mol. The Balaban J connectivity index is 2.12. The quantitative estimate of drug-likeness (QED) is 0.425. The van der Waals surface area contributed by atoms with Gasteiger partial charge in [-0.2, -0.15) is 0 Å². The van der Waals surface area contributed by atoms with Gasteiger partial charge < -0.3 is 5.32 Å². The highest BCUT2D eigenvalue weighted by Gasteiger charge is 2.23. The number of carbonyl (C=O) groups excluding carboxylic acids is 1. The summed E-state index contributed by atoms with van der Waals surface area (Å²) in [5.41, 5.74) is 0.168. The molecule has 2 aromatic carbocycles. The summed E-state index contributed by atoms with van der Waals surface area (Å²) in [7, 11) is 0. The molecular formula is C16H10BrN3O3. The van der Waals surface area contributed by atoms with E-state index in [2.05, 4.69) is 26.2 Å². The van der Waals surface area contributed by atoms with Crippen LogP contribution in [0.3, 0.4) is 0 Å². The molecule has 0 aliphatic rings. The van der Waals surface area contributed by atoms with Crippen LogP contribution in [0.4, 0.5) is 11.5 Å². The molecule has 0 radical (unpaired) electrons. The van der Waals surface area contributed by atoms with E-state index in [1.807, 2.05) is 0 Å². The molecule has 0 unspecified atom stereocenters. The van der Waals surface area contributed by atoms with Crippen LogP contribution in [-0.4, -0.2) is 15.8 Å². The number of anilines is 1. The van der Waals surface area contributed by atoms with Gasteiger partial charge in [-0.3, -0.25) is 14.9 Å². The lowest BCUT2D eigenvalue weighted by molar-refractivity contribution is -0.382. The molecule has 1 N–H and O–H groups in total. The maximum atomic E-state index is 12.2. The molecule has 0 aliphatic heterocycles. The molecule has 0 aliphatic carbocycles. The first kappa shape index (κ1) is 15.1. The maximum absolute atomic E-state index is 12.2. The predicted octanol–water partition coefficient (Wildman–Crippen LogP) is 4.16. The average Bonchev–Trinajstić information content (AvgIpc) is 2.55. The predicted molar refractivity (Wildman–Crippen MR) is 90.5 cm³/mol. The Morgan fingerprint density at radius 3 is 2.30 bits per heavy atom. The molecule has 114 valence electrons. The van der Waals surface area contributed by atoms with E-state index in [0.29, 0.717) is 20.9 Å². The second-order valence-electron chi connectivity index (χ2n) is 4.72. The molecule has 7 heteroatoms. The van der Waals surface area contributed by atoms with Crippen LogP contribution in [0.2, 0.25) is 0 Å². The van der Waals surface area contributed by atoms with E-state index in [9.17, 15) is 14.9 Å². The van der Waals surface area contributed by atoms with E-state index in [1.54, 1.807) is 54.6 Å². The Morgan fingerprint density at radius 2 is 1.65 bits per heavy atom. The second kappa shape index (κ2) is 6.13. The summed E-state index contributed by atoms with van der Waals surface area (Å²) in [6.07, 6.45) is 0. The van der Waals surface area contributed by atoms with E-state index in [4.69, 9.17) is 0 Å². The number of halogens is 1. The number of fused-ring (bicyclic) bond motifs is 1. The lowest BCUT2D eigenvalue weighted by atomic mass is 10.1. The molecule has 3 rings (SSSR count). The fraction of sp³-hybridized carbons (Fsp3) is 0. The molecule has 6 nitrogen and oxygen atoms in total. The summed E-state index contributed by atoms with van der Waals surface area (Å²) in [4.78, 5) is 27.3. The van der Waals surface area contributed by atoms with E-state index in [1.165, 1.54) is 0 Å². The summed E-state index contributed by atoms with van der Waals surface area (Å²) in [6, 6.07) is 15.3. The number of pyridine rings is 1. The Morgan fingerprint density at radius 1 is 1.04 bits per heavy atom. The SMILES string of the molecule is O=C(Nc1nc(Br)c2ccccc2c1[N+](=O)[O-])c1ccccc1. The third kappa shape index (κ3) is 2.91. The normalized spacial score (nSPS) is 10.5. The van der Waals surface area contributed by atoms with E-state index < -0.39 is 10.8 Å². The minimum Gasteiger partial charge on any atom is -0.301 e. The minimum absolute atomic E-state index is 0.0885. The number of amides is 1. The zero-order valence-electron chi connectivity index (χ0n) is 11.7. The first-order valence-corrected chi connectivity index (χ1v) is 7.46. The van der Waals surface area contributed by atoms with Crippen molar-refractivity contribution in [2.24, 2.45) is 0 Å². The van der Waals surface area contributed by atoms with Crippen LogP contribution in [0, 0.1) is 10.1 Å². The van der Waals surface area contributed by atoms with Gasteiger partial charge in [0.15, 0.2) is 0 Å². The van der Waals surface area contributed by atoms with Crippen molar-refractivity contribution in [2.75, 3.05) is 5.32 Å². The van der Waals surface area contributed by atoms with Crippen LogP contribution >= 0.6 is 15.9 Å². The first-order chi connectivity index (χ1) is 11.1. The minimum atomic E-state index is -0.539. The number of nitrogens with one attached hydrogen (secondary N) is 1. The van der Waals surface area contributed by atoms with Crippen molar-refractivity contribution in [3.63, 3.8) is 0 Å². The van der Waals surface area contributed by atoms with Crippen LogP contribution in [-0.2, 0) is 0 Å². The third-order valence-corrected chi connectivity index (χ3v) is 3.89. The van der Waals surface area contributed by atoms with Gasteiger partial charge in [-0.15, -0.1) is 0 Å². The van der Waals surface area contributed by atoms with Crippen LogP contribution in [0.5, 0.6) is 0 Å². The van der Waals surface area contributed by atoms with Crippen molar-refractivity contribution in [2.45, 2.75) is 0 Å². The highest BCUT2D eigenvalue weighted by Crippen LogP contribution is 2.35. The lowest BCUT2D eigenvalue weighted by Crippen LogP contribution is -2.14. The summed E-state index contributed by atoms with van der Waals surface area (Å²) in [5.74, 6) is -0.544. The highest BCUT2D eigenvalue weighted by atomic mass is 79.9. The number of aromatic nitrogens is 1. The number of carbonyl (C=O) groups is 1. The molecule has 0 saturated carbocycles. The van der Waals surface area contributed by atoms with Crippen molar-refractivity contribution in [3.8, 4) is 0 Å². The van der Waals surface area contributed by atoms with Crippen molar-refractivity contribution >= 4 is 44.1 Å². The Bertz CT molecular complexity index is 913. The summed E-state index contributed by atoms with van der Waals surface area (Å²) < 4.78 is 0.432. The number of hydrogen-bond acceptors (Lipinski definition) is 4. The fourth-order valence-electron chi connectivity index (χ4n) is 2.25. The molecule has 0 saturated heterocycles. The van der Waals surface area contributed by atoms with Gasteiger partial charge >= 0.3 is 5.69 Å². The molecule has 0 atom stereocenters. The molecule has 1 aromatic heterocycles. The number of nitro groups is 1. The standard InChI is InChI=1S/C16H10BrN3O3/c17-14-12-9-5-4-8-11(12)13(20(22)23)15(18-14)19-16(21)10-6-2-1-3-7-10/h1-9H,(H,18,19,21). The van der Waals surface area contributed by atoms with Crippen LogP contribution in [0.25, 0.3) is 10.8 Å². The van der Waals surface area contributed by atoms with E-state index in [0.717, 1.165) is 0 Å². The van der Waals surface area contributed by atoms with Gasteiger partial charge in [0.2, 0.25) is 5.82 Å². The van der Waals surface area contributed by atoms with Gasteiger partial charge in [0.1, 0.15) is 4.60 Å². The van der Waals surface area contributed by atoms with Crippen LogP contribution in [0.15, 0.2) is 59.2 Å². The average molecular weight is 372 g/mol. The summed E-state index contributed by atoms with van der Waals surface area (Å²) in [5, 5.41) is 15.0. The third-order valence-electron chi connectivity index (χ3n) is 3.29. The van der Waals surface area contributed by atoms with E-state index in [-0.39, 0.29) is 11.5 Å². The molecule has 0 bridgehead atoms. The largest absolute Gasteiger partial charge is 0.319 e. The zero-order valence-corrected chi connectivity index (χ0v) is 13.3. The van der Waals surface area contributed by atoms with Crippen LogP contribution in [0.1, 0.15) is 10.4 Å². The number of nitrogens with zero attached hydrogens (tertiary/aromatic N) is 2. The van der Waals surface area contributed by atoms with Gasteiger partial charge in [-0.25, -0.2) is 4.98 Å². The topological polar surface area (TPSA) is 85.1 Å². The Hall–Kier alpha value is -2.80. The van der Waals surface area contributed by atoms with Gasteiger partial charge in [0, 0.05) is 10.9 Å². The molecule has 3 aromatic rings.